The third-order valence-corrected chi connectivity index (χ3v) is 9.28. The molecule has 2 unspecified atom stereocenters. The molecular weight excluding hydrogens is 655 g/mol. The van der Waals surface area contributed by atoms with Crippen molar-refractivity contribution in [3.05, 3.63) is 70.2 Å². The predicted octanol–water partition coefficient (Wildman–Crippen LogP) is 4.19. The van der Waals surface area contributed by atoms with Crippen LogP contribution in [0.4, 0.5) is 0 Å². The molecule has 2 aromatic heterocycles. The van der Waals surface area contributed by atoms with E-state index in [1.54, 1.807) is 26.6 Å². The Balaban J connectivity index is 1.21. The summed E-state index contributed by atoms with van der Waals surface area (Å²) < 4.78 is 11.1. The Labute approximate surface area is 288 Å². The smallest absolute Gasteiger partial charge is 0.237 e. The maximum absolute atomic E-state index is 11.9. The fraction of sp³-hybridized carbons (Fsp3) is 0.353. The zero-order valence-corrected chi connectivity index (χ0v) is 28.1. The number of amides is 2. The summed E-state index contributed by atoms with van der Waals surface area (Å²) in [4.78, 5) is 42.0. The van der Waals surface area contributed by atoms with Crippen molar-refractivity contribution in [2.45, 2.75) is 38.4 Å². The molecule has 0 bridgehead atoms. The van der Waals surface area contributed by atoms with Crippen molar-refractivity contribution < 1.29 is 19.1 Å². The molecule has 2 aliphatic heterocycles. The third-order valence-electron chi connectivity index (χ3n) is 8.46. The highest BCUT2D eigenvalue weighted by Crippen LogP contribution is 2.42. The number of nitrogens with one attached hydrogen (secondary N) is 4. The van der Waals surface area contributed by atoms with Crippen LogP contribution in [0.5, 0.6) is 11.8 Å². The first-order valence-electron chi connectivity index (χ1n) is 15.7. The number of carbonyl (C=O) groups is 2. The summed E-state index contributed by atoms with van der Waals surface area (Å²) in [5.41, 5.74) is 5.12. The van der Waals surface area contributed by atoms with Crippen LogP contribution in [0, 0.1) is 5.92 Å². The van der Waals surface area contributed by atoms with E-state index in [4.69, 9.17) is 42.6 Å². The lowest BCUT2D eigenvalue weighted by Crippen LogP contribution is -2.35. The fourth-order valence-electron chi connectivity index (χ4n) is 5.90. The van der Waals surface area contributed by atoms with Gasteiger partial charge in [-0.15, -0.1) is 0 Å². The summed E-state index contributed by atoms with van der Waals surface area (Å²) >= 11 is 14.1. The molecule has 4 heterocycles. The van der Waals surface area contributed by atoms with Crippen molar-refractivity contribution in [2.24, 2.45) is 5.92 Å². The van der Waals surface area contributed by atoms with E-state index in [0.29, 0.717) is 106 Å². The van der Waals surface area contributed by atoms with Gasteiger partial charge in [0.15, 0.2) is 0 Å². The number of halogens is 2. The highest BCUT2D eigenvalue weighted by atomic mass is 35.5. The van der Waals surface area contributed by atoms with Crippen LogP contribution in [-0.2, 0) is 22.7 Å². The summed E-state index contributed by atoms with van der Waals surface area (Å²) in [6, 6.07) is 11.4. The molecule has 250 valence electrons. The van der Waals surface area contributed by atoms with Gasteiger partial charge in [0.1, 0.15) is 11.4 Å². The SMILES string of the molecule is COc1nc(-c2cccc(-c3cccc(-c4cnc(CNCC5CCNC5=O)c(OC)n4)c3Cl)c2Cl)cnc1CNCC1CCC(=O)N1. The van der Waals surface area contributed by atoms with Gasteiger partial charge in [-0.3, -0.25) is 19.6 Å². The molecule has 14 heteroatoms. The summed E-state index contributed by atoms with van der Waals surface area (Å²) in [7, 11) is 3.10. The lowest BCUT2D eigenvalue weighted by molar-refractivity contribution is -0.122. The topological polar surface area (TPSA) is 152 Å². The molecule has 4 aromatic rings. The number of methoxy groups -OCH3 is 2. The standard InChI is InChI=1S/C34H36Cl2N8O4/c1-47-33-27(15-37-13-19-11-12-39-32(19)46)40-17-25(43-33)23-7-3-5-21(30(23)35)22-6-4-8-24(31(22)36)26-18-41-28(34(44-26)48-2)16-38-14-20-9-10-29(45)42-20/h3-8,17-20,37-38H,9-16H2,1-2H3,(H,39,46)(H,42,45). The van der Waals surface area contributed by atoms with Gasteiger partial charge in [-0.1, -0.05) is 59.6 Å². The first-order chi connectivity index (χ1) is 23.4. The highest BCUT2D eigenvalue weighted by Gasteiger charge is 2.24. The van der Waals surface area contributed by atoms with Crippen LogP contribution in [0.1, 0.15) is 30.7 Å². The third kappa shape index (κ3) is 7.36. The average molecular weight is 692 g/mol. The van der Waals surface area contributed by atoms with Gasteiger partial charge < -0.3 is 30.7 Å². The number of ether oxygens (including phenoxy) is 2. The molecule has 2 aliphatic rings. The molecule has 0 radical (unpaired) electrons. The van der Waals surface area contributed by atoms with Gasteiger partial charge in [-0.05, 0) is 12.8 Å². The van der Waals surface area contributed by atoms with Crippen molar-refractivity contribution in [3.63, 3.8) is 0 Å². The number of hydrogen-bond acceptors (Lipinski definition) is 10. The van der Waals surface area contributed by atoms with Crippen molar-refractivity contribution in [2.75, 3.05) is 33.9 Å². The first kappa shape index (κ1) is 33.5. The van der Waals surface area contributed by atoms with Crippen LogP contribution < -0.4 is 30.7 Å². The second-order valence-corrected chi connectivity index (χ2v) is 12.4. The van der Waals surface area contributed by atoms with E-state index in [2.05, 4.69) is 31.2 Å². The van der Waals surface area contributed by atoms with Gasteiger partial charge in [0.05, 0.1) is 54.0 Å². The highest BCUT2D eigenvalue weighted by molar-refractivity contribution is 6.39. The van der Waals surface area contributed by atoms with Gasteiger partial charge >= 0.3 is 0 Å². The minimum absolute atomic E-state index is 0.0512. The van der Waals surface area contributed by atoms with Gasteiger partial charge in [-0.2, -0.15) is 0 Å². The van der Waals surface area contributed by atoms with E-state index >= 15 is 0 Å². The molecule has 0 aliphatic carbocycles. The molecule has 2 atom stereocenters. The quantitative estimate of drug-likeness (QED) is 0.161. The van der Waals surface area contributed by atoms with E-state index in [9.17, 15) is 9.59 Å². The monoisotopic (exact) mass is 690 g/mol. The number of carbonyl (C=O) groups excluding carboxylic acids is 2. The number of nitrogens with zero attached hydrogens (tertiary/aromatic N) is 4. The zero-order valence-electron chi connectivity index (χ0n) is 26.6. The molecule has 0 spiro atoms. The van der Waals surface area contributed by atoms with Crippen LogP contribution in [0.15, 0.2) is 48.8 Å². The summed E-state index contributed by atoms with van der Waals surface area (Å²) in [6.07, 6.45) is 5.50. The van der Waals surface area contributed by atoms with Gasteiger partial charge in [-0.25, -0.2) is 9.97 Å². The normalized spacial score (nSPS) is 17.3. The Bertz CT molecular complexity index is 1820. The molecule has 6 rings (SSSR count). The lowest BCUT2D eigenvalue weighted by atomic mass is 9.98. The van der Waals surface area contributed by atoms with Gasteiger partial charge in [0.25, 0.3) is 0 Å². The van der Waals surface area contributed by atoms with Crippen molar-refractivity contribution in [1.29, 1.82) is 0 Å². The molecule has 2 saturated heterocycles. The van der Waals surface area contributed by atoms with Gasteiger partial charge in [0, 0.05) is 67.4 Å². The van der Waals surface area contributed by atoms with Gasteiger partial charge in [0.2, 0.25) is 23.6 Å². The molecule has 12 nitrogen and oxygen atoms in total. The van der Waals surface area contributed by atoms with E-state index in [-0.39, 0.29) is 23.8 Å². The van der Waals surface area contributed by atoms with Crippen LogP contribution in [0.2, 0.25) is 10.0 Å². The number of hydrogen-bond donors (Lipinski definition) is 4. The average Bonchev–Trinajstić information content (AvgIpc) is 3.72. The number of rotatable bonds is 13. The number of aromatic nitrogens is 4. The zero-order chi connectivity index (χ0) is 33.6. The van der Waals surface area contributed by atoms with Crippen LogP contribution in [-0.4, -0.2) is 71.6 Å². The molecule has 2 aromatic carbocycles. The Morgan fingerprint density at radius 3 is 1.81 bits per heavy atom. The fourth-order valence-corrected chi connectivity index (χ4v) is 6.55. The molecule has 48 heavy (non-hydrogen) atoms. The summed E-state index contributed by atoms with van der Waals surface area (Å²) in [6.45, 7) is 2.73. The lowest BCUT2D eigenvalue weighted by Gasteiger charge is -2.15. The van der Waals surface area contributed by atoms with Crippen LogP contribution >= 0.6 is 23.2 Å². The van der Waals surface area contributed by atoms with E-state index in [1.807, 2.05) is 36.4 Å². The summed E-state index contributed by atoms with van der Waals surface area (Å²) in [5.74, 6) is 0.847. The molecule has 2 fully saturated rings. The Hall–Kier alpha value is -4.36. The van der Waals surface area contributed by atoms with E-state index in [0.717, 1.165) is 12.8 Å². The second kappa shape index (κ2) is 15.2. The molecule has 2 amide bonds. The maximum Gasteiger partial charge on any atom is 0.237 e. The van der Waals surface area contributed by atoms with Crippen molar-refractivity contribution in [1.82, 2.24) is 41.2 Å². The second-order valence-electron chi connectivity index (χ2n) is 11.6. The number of benzene rings is 2. The van der Waals surface area contributed by atoms with Crippen molar-refractivity contribution in [3.8, 4) is 45.4 Å². The van der Waals surface area contributed by atoms with Crippen LogP contribution in [0.3, 0.4) is 0 Å². The Morgan fingerprint density at radius 1 is 0.792 bits per heavy atom. The molecule has 4 N–H and O–H groups in total. The molecule has 0 saturated carbocycles. The minimum Gasteiger partial charge on any atom is -0.480 e. The maximum atomic E-state index is 11.9. The molecular formula is C34H36Cl2N8O4. The van der Waals surface area contributed by atoms with Crippen LogP contribution in [0.25, 0.3) is 33.6 Å². The van der Waals surface area contributed by atoms with E-state index < -0.39 is 0 Å². The largest absolute Gasteiger partial charge is 0.480 e. The Morgan fingerprint density at radius 2 is 1.33 bits per heavy atom. The minimum atomic E-state index is -0.0512. The van der Waals surface area contributed by atoms with E-state index in [1.165, 1.54) is 0 Å². The van der Waals surface area contributed by atoms with Crippen molar-refractivity contribution >= 4 is 35.0 Å². The summed E-state index contributed by atoms with van der Waals surface area (Å²) in [5, 5.41) is 13.3. The Kier molecular flexibility index (Phi) is 10.7. The first-order valence-corrected chi connectivity index (χ1v) is 16.5. The predicted molar refractivity (Wildman–Crippen MR) is 183 cm³/mol.